The lowest BCUT2D eigenvalue weighted by Gasteiger charge is -2.12. The van der Waals surface area contributed by atoms with Gasteiger partial charge in [0.2, 0.25) is 18.3 Å². The molecule has 0 spiro atoms. The molecule has 1 aromatic rings. The van der Waals surface area contributed by atoms with E-state index in [9.17, 15) is 0 Å². The van der Waals surface area contributed by atoms with Crippen molar-refractivity contribution in [2.24, 2.45) is 0 Å². The maximum atomic E-state index is 5.42. The van der Waals surface area contributed by atoms with Gasteiger partial charge in [-0.1, -0.05) is 6.08 Å². The molecule has 0 radical (unpaired) electrons. The van der Waals surface area contributed by atoms with Crippen LogP contribution in [0.25, 0.3) is 0 Å². The Morgan fingerprint density at radius 2 is 2.06 bits per heavy atom. The molecule has 1 heterocycles. The molecule has 0 saturated carbocycles. The van der Waals surface area contributed by atoms with Crippen molar-refractivity contribution < 1.29 is 18.9 Å². The Labute approximate surface area is 94.4 Å². The molecule has 1 aliphatic heterocycles. The highest BCUT2D eigenvalue weighted by molar-refractivity contribution is 5.64. The highest BCUT2D eigenvalue weighted by Crippen LogP contribution is 2.49. The Balaban J connectivity index is 2.57. The molecule has 0 aromatic heterocycles. The summed E-state index contributed by atoms with van der Waals surface area (Å²) in [5.74, 6) is 2.54. The minimum Gasteiger partial charge on any atom is -0.493 e. The van der Waals surface area contributed by atoms with Gasteiger partial charge in [-0.15, -0.1) is 6.58 Å². The van der Waals surface area contributed by atoms with Crippen molar-refractivity contribution in [2.75, 3.05) is 21.0 Å². The number of methoxy groups -OCH3 is 2. The summed E-state index contributed by atoms with van der Waals surface area (Å²) in [6.45, 7) is 3.92. The summed E-state index contributed by atoms with van der Waals surface area (Å²) in [4.78, 5) is 0. The fourth-order valence-electron chi connectivity index (χ4n) is 1.74. The van der Waals surface area contributed by atoms with Gasteiger partial charge in [-0.2, -0.15) is 0 Å². The van der Waals surface area contributed by atoms with Gasteiger partial charge in [-0.25, -0.2) is 0 Å². The average Bonchev–Trinajstić information content (AvgIpc) is 2.78. The van der Waals surface area contributed by atoms with Gasteiger partial charge in [0.1, 0.15) is 0 Å². The summed E-state index contributed by atoms with van der Waals surface area (Å²) in [6, 6.07) is 1.88. The van der Waals surface area contributed by atoms with Crippen LogP contribution in [0.5, 0.6) is 23.0 Å². The highest BCUT2D eigenvalue weighted by atomic mass is 16.7. The van der Waals surface area contributed by atoms with E-state index < -0.39 is 0 Å². The summed E-state index contributed by atoms with van der Waals surface area (Å²) in [5.41, 5.74) is 0.986. The minimum atomic E-state index is 0.211. The van der Waals surface area contributed by atoms with Crippen molar-refractivity contribution in [3.63, 3.8) is 0 Å². The predicted molar refractivity (Wildman–Crippen MR) is 59.6 cm³/mol. The third-order valence-corrected chi connectivity index (χ3v) is 2.43. The molecular weight excluding hydrogens is 208 g/mol. The first-order chi connectivity index (χ1) is 7.81. The molecular formula is C12H14O4. The number of hydrogen-bond donors (Lipinski definition) is 0. The maximum Gasteiger partial charge on any atom is 0.231 e. The van der Waals surface area contributed by atoms with Gasteiger partial charge in [0.15, 0.2) is 11.5 Å². The molecule has 0 unspecified atom stereocenters. The van der Waals surface area contributed by atoms with E-state index in [0.717, 1.165) is 11.3 Å². The second-order valence-corrected chi connectivity index (χ2v) is 3.33. The molecule has 0 aliphatic carbocycles. The number of fused-ring (bicyclic) bond motifs is 1. The van der Waals surface area contributed by atoms with Crippen LogP contribution in [0.15, 0.2) is 18.7 Å². The molecule has 0 atom stereocenters. The van der Waals surface area contributed by atoms with E-state index in [2.05, 4.69) is 6.58 Å². The van der Waals surface area contributed by atoms with Gasteiger partial charge < -0.3 is 18.9 Å². The summed E-state index contributed by atoms with van der Waals surface area (Å²) < 4.78 is 21.3. The first-order valence-electron chi connectivity index (χ1n) is 4.96. The zero-order valence-electron chi connectivity index (χ0n) is 9.41. The molecule has 0 bridgehead atoms. The third kappa shape index (κ3) is 1.56. The van der Waals surface area contributed by atoms with Crippen LogP contribution >= 0.6 is 0 Å². The fraction of sp³-hybridized carbons (Fsp3) is 0.333. The second kappa shape index (κ2) is 4.35. The summed E-state index contributed by atoms with van der Waals surface area (Å²) >= 11 is 0. The Morgan fingerprint density at radius 1 is 1.31 bits per heavy atom. The van der Waals surface area contributed by atoms with Crippen molar-refractivity contribution in [3.8, 4) is 23.0 Å². The van der Waals surface area contributed by atoms with Crippen molar-refractivity contribution in [3.05, 3.63) is 24.3 Å². The molecule has 0 amide bonds. The lowest BCUT2D eigenvalue weighted by Crippen LogP contribution is -1.95. The molecule has 0 fully saturated rings. The van der Waals surface area contributed by atoms with E-state index in [1.807, 2.05) is 12.1 Å². The maximum absolute atomic E-state index is 5.42. The van der Waals surface area contributed by atoms with E-state index >= 15 is 0 Å². The molecule has 4 nitrogen and oxygen atoms in total. The summed E-state index contributed by atoms with van der Waals surface area (Å²) in [6.07, 6.45) is 2.51. The lowest BCUT2D eigenvalue weighted by molar-refractivity contribution is 0.170. The average molecular weight is 222 g/mol. The largest absolute Gasteiger partial charge is 0.493 e. The predicted octanol–water partition coefficient (Wildman–Crippen LogP) is 2.16. The molecule has 1 aromatic carbocycles. The normalized spacial score (nSPS) is 12.4. The Kier molecular flexibility index (Phi) is 2.90. The number of ether oxygens (including phenoxy) is 4. The second-order valence-electron chi connectivity index (χ2n) is 3.33. The number of hydrogen-bond acceptors (Lipinski definition) is 4. The molecule has 0 saturated heterocycles. The molecule has 16 heavy (non-hydrogen) atoms. The van der Waals surface area contributed by atoms with Gasteiger partial charge in [0, 0.05) is 5.56 Å². The topological polar surface area (TPSA) is 36.9 Å². The molecule has 4 heteroatoms. The highest BCUT2D eigenvalue weighted by Gasteiger charge is 2.26. The molecule has 2 rings (SSSR count). The molecule has 86 valence electrons. The van der Waals surface area contributed by atoms with Crippen LogP contribution in [0.1, 0.15) is 5.56 Å². The zero-order chi connectivity index (χ0) is 11.5. The van der Waals surface area contributed by atoms with E-state index in [-0.39, 0.29) is 6.79 Å². The quantitative estimate of drug-likeness (QED) is 0.731. The van der Waals surface area contributed by atoms with E-state index in [1.54, 1.807) is 14.2 Å². The number of rotatable bonds is 4. The van der Waals surface area contributed by atoms with Crippen molar-refractivity contribution in [2.45, 2.75) is 6.42 Å². The zero-order valence-corrected chi connectivity index (χ0v) is 9.41. The third-order valence-electron chi connectivity index (χ3n) is 2.43. The van der Waals surface area contributed by atoms with Crippen molar-refractivity contribution in [1.29, 1.82) is 0 Å². The van der Waals surface area contributed by atoms with Crippen LogP contribution in [0.3, 0.4) is 0 Å². The van der Waals surface area contributed by atoms with Gasteiger partial charge in [0.25, 0.3) is 0 Å². The van der Waals surface area contributed by atoms with Crippen LogP contribution in [0, 0.1) is 0 Å². The molecule has 1 aliphatic rings. The van der Waals surface area contributed by atoms with E-state index in [4.69, 9.17) is 18.9 Å². The summed E-state index contributed by atoms with van der Waals surface area (Å²) in [5, 5.41) is 0. The summed E-state index contributed by atoms with van der Waals surface area (Å²) in [7, 11) is 3.17. The monoisotopic (exact) mass is 222 g/mol. The Bertz CT molecular complexity index is 412. The van der Waals surface area contributed by atoms with Gasteiger partial charge in [-0.3, -0.25) is 0 Å². The van der Waals surface area contributed by atoms with E-state index in [1.165, 1.54) is 0 Å². The minimum absolute atomic E-state index is 0.211. The van der Waals surface area contributed by atoms with Crippen LogP contribution in [0.4, 0.5) is 0 Å². The smallest absolute Gasteiger partial charge is 0.231 e. The van der Waals surface area contributed by atoms with Crippen LogP contribution in [-0.4, -0.2) is 21.0 Å². The first-order valence-corrected chi connectivity index (χ1v) is 4.96. The van der Waals surface area contributed by atoms with Gasteiger partial charge in [-0.05, 0) is 12.5 Å². The van der Waals surface area contributed by atoms with E-state index in [0.29, 0.717) is 23.7 Å². The number of allylic oxidation sites excluding steroid dienone is 1. The standard InChI is InChI=1S/C12H14O4/c1-4-5-8-6-9(13-2)11(14-3)12-10(8)15-7-16-12/h4,6H,1,5,7H2,2-3H3. The van der Waals surface area contributed by atoms with Crippen molar-refractivity contribution in [1.82, 2.24) is 0 Å². The SMILES string of the molecule is C=CCc1cc(OC)c(OC)c2c1OCO2. The number of benzene rings is 1. The van der Waals surface area contributed by atoms with Gasteiger partial charge >= 0.3 is 0 Å². The van der Waals surface area contributed by atoms with Crippen LogP contribution < -0.4 is 18.9 Å². The van der Waals surface area contributed by atoms with Crippen LogP contribution in [-0.2, 0) is 6.42 Å². The van der Waals surface area contributed by atoms with Crippen molar-refractivity contribution >= 4 is 0 Å². The molecule has 0 N–H and O–H groups in total. The Morgan fingerprint density at radius 3 is 2.69 bits per heavy atom. The van der Waals surface area contributed by atoms with Gasteiger partial charge in [0.05, 0.1) is 14.2 Å². The lowest BCUT2D eigenvalue weighted by atomic mass is 10.1. The van der Waals surface area contributed by atoms with Crippen LogP contribution in [0.2, 0.25) is 0 Å². The Hall–Kier alpha value is -1.84. The first kappa shape index (κ1) is 10.7. The fourth-order valence-corrected chi connectivity index (χ4v) is 1.74.